The molecule has 1 atom stereocenters. The van der Waals surface area contributed by atoms with Crippen LogP contribution in [0.3, 0.4) is 0 Å². The van der Waals surface area contributed by atoms with Crippen molar-refractivity contribution in [2.24, 2.45) is 5.92 Å². The number of carbonyl (C=O) groups is 1. The maximum Gasteiger partial charge on any atom is 0.227 e. The molecule has 94 valence electrons. The molecule has 0 bridgehead atoms. The normalized spacial score (nSPS) is 21.9. The molecular weight excluding hydrogens is 204 g/mol. The van der Waals surface area contributed by atoms with Crippen molar-refractivity contribution < 1.29 is 9.90 Å². The van der Waals surface area contributed by atoms with Gasteiger partial charge in [-0.25, -0.2) is 0 Å². The molecule has 0 radical (unpaired) electrons. The third kappa shape index (κ3) is 4.10. The van der Waals surface area contributed by atoms with Crippen molar-refractivity contribution in [1.82, 2.24) is 10.2 Å². The first-order valence-corrected chi connectivity index (χ1v) is 6.16. The van der Waals surface area contributed by atoms with Gasteiger partial charge in [-0.15, -0.1) is 0 Å². The molecule has 1 rings (SSSR count). The highest BCUT2D eigenvalue weighted by Crippen LogP contribution is 2.15. The molecule has 0 saturated carbocycles. The SMILES string of the molecule is CCN(CC(C)(C)O)C(=O)[C@@H]1CCCNC1. The predicted molar refractivity (Wildman–Crippen MR) is 64.1 cm³/mol. The van der Waals surface area contributed by atoms with Crippen molar-refractivity contribution in [2.45, 2.75) is 39.2 Å². The van der Waals surface area contributed by atoms with Crippen LogP contribution in [0.2, 0.25) is 0 Å². The summed E-state index contributed by atoms with van der Waals surface area (Å²) in [5, 5.41) is 13.0. The molecule has 0 aromatic carbocycles. The molecule has 0 unspecified atom stereocenters. The van der Waals surface area contributed by atoms with E-state index in [1.807, 2.05) is 6.92 Å². The van der Waals surface area contributed by atoms with Gasteiger partial charge in [-0.05, 0) is 40.2 Å². The molecule has 4 nitrogen and oxygen atoms in total. The van der Waals surface area contributed by atoms with Crippen LogP contribution in [0.25, 0.3) is 0 Å². The summed E-state index contributed by atoms with van der Waals surface area (Å²) in [5.74, 6) is 0.271. The Balaban J connectivity index is 2.54. The lowest BCUT2D eigenvalue weighted by Crippen LogP contribution is -2.47. The molecule has 1 aliphatic heterocycles. The number of aliphatic hydroxyl groups is 1. The summed E-state index contributed by atoms with van der Waals surface area (Å²) in [6.45, 7) is 8.31. The van der Waals surface area contributed by atoms with Crippen LogP contribution in [-0.4, -0.2) is 47.7 Å². The zero-order chi connectivity index (χ0) is 12.2. The van der Waals surface area contributed by atoms with Gasteiger partial charge in [0.15, 0.2) is 0 Å². The van der Waals surface area contributed by atoms with E-state index >= 15 is 0 Å². The number of likely N-dealkylation sites (N-methyl/N-ethyl adjacent to an activating group) is 1. The van der Waals surface area contributed by atoms with Crippen LogP contribution in [0.1, 0.15) is 33.6 Å². The van der Waals surface area contributed by atoms with Gasteiger partial charge in [0, 0.05) is 19.6 Å². The van der Waals surface area contributed by atoms with E-state index < -0.39 is 5.60 Å². The summed E-state index contributed by atoms with van der Waals surface area (Å²) in [6, 6.07) is 0. The molecular formula is C12H24N2O2. The second-order valence-electron chi connectivity index (χ2n) is 5.21. The second kappa shape index (κ2) is 5.64. The van der Waals surface area contributed by atoms with Crippen molar-refractivity contribution in [2.75, 3.05) is 26.2 Å². The van der Waals surface area contributed by atoms with Gasteiger partial charge in [0.2, 0.25) is 5.91 Å². The van der Waals surface area contributed by atoms with Crippen molar-refractivity contribution in [3.05, 3.63) is 0 Å². The maximum atomic E-state index is 12.2. The van der Waals surface area contributed by atoms with Gasteiger partial charge in [-0.3, -0.25) is 4.79 Å². The van der Waals surface area contributed by atoms with E-state index in [1.165, 1.54) is 0 Å². The van der Waals surface area contributed by atoms with Crippen molar-refractivity contribution in [1.29, 1.82) is 0 Å². The lowest BCUT2D eigenvalue weighted by Gasteiger charge is -2.32. The summed E-state index contributed by atoms with van der Waals surface area (Å²) in [4.78, 5) is 13.9. The number of rotatable bonds is 4. The lowest BCUT2D eigenvalue weighted by molar-refractivity contribution is -0.138. The largest absolute Gasteiger partial charge is 0.389 e. The highest BCUT2D eigenvalue weighted by atomic mass is 16.3. The molecule has 1 amide bonds. The summed E-state index contributed by atoms with van der Waals surface area (Å²) in [6.07, 6.45) is 2.03. The minimum absolute atomic E-state index is 0.0936. The van der Waals surface area contributed by atoms with Crippen molar-refractivity contribution >= 4 is 5.91 Å². The van der Waals surface area contributed by atoms with Crippen molar-refractivity contribution in [3.8, 4) is 0 Å². The van der Waals surface area contributed by atoms with Gasteiger partial charge >= 0.3 is 0 Å². The summed E-state index contributed by atoms with van der Waals surface area (Å²) >= 11 is 0. The highest BCUT2D eigenvalue weighted by molar-refractivity contribution is 5.79. The predicted octanol–water partition coefficient (Wildman–Crippen LogP) is 0.605. The lowest BCUT2D eigenvalue weighted by atomic mass is 9.97. The fraction of sp³-hybridized carbons (Fsp3) is 0.917. The van der Waals surface area contributed by atoms with Crippen LogP contribution in [0.4, 0.5) is 0 Å². The van der Waals surface area contributed by atoms with Crippen molar-refractivity contribution in [3.63, 3.8) is 0 Å². The minimum Gasteiger partial charge on any atom is -0.389 e. The number of nitrogens with one attached hydrogen (secondary N) is 1. The van der Waals surface area contributed by atoms with E-state index in [0.717, 1.165) is 25.9 Å². The fourth-order valence-electron chi connectivity index (χ4n) is 2.13. The van der Waals surface area contributed by atoms with Gasteiger partial charge in [-0.1, -0.05) is 0 Å². The Hall–Kier alpha value is -0.610. The topological polar surface area (TPSA) is 52.6 Å². The van der Waals surface area contributed by atoms with Crippen LogP contribution in [-0.2, 0) is 4.79 Å². The Morgan fingerprint density at radius 2 is 2.25 bits per heavy atom. The van der Waals surface area contributed by atoms with E-state index in [4.69, 9.17) is 0 Å². The molecule has 1 fully saturated rings. The van der Waals surface area contributed by atoms with E-state index in [2.05, 4.69) is 5.32 Å². The number of hydrogen-bond acceptors (Lipinski definition) is 3. The number of piperidine rings is 1. The van der Waals surface area contributed by atoms with Gasteiger partial charge in [-0.2, -0.15) is 0 Å². The summed E-state index contributed by atoms with van der Waals surface area (Å²) in [7, 11) is 0. The van der Waals surface area contributed by atoms with Crippen LogP contribution in [0, 0.1) is 5.92 Å². The monoisotopic (exact) mass is 228 g/mol. The molecule has 0 aliphatic carbocycles. The highest BCUT2D eigenvalue weighted by Gasteiger charge is 2.28. The van der Waals surface area contributed by atoms with E-state index in [-0.39, 0.29) is 11.8 Å². The Morgan fingerprint density at radius 1 is 1.56 bits per heavy atom. The first-order valence-electron chi connectivity index (χ1n) is 6.16. The zero-order valence-corrected chi connectivity index (χ0v) is 10.6. The van der Waals surface area contributed by atoms with Crippen LogP contribution >= 0.6 is 0 Å². The van der Waals surface area contributed by atoms with E-state index in [0.29, 0.717) is 13.1 Å². The third-order valence-corrected chi connectivity index (χ3v) is 2.92. The summed E-state index contributed by atoms with van der Waals surface area (Å²) < 4.78 is 0. The van der Waals surface area contributed by atoms with Crippen LogP contribution in [0.15, 0.2) is 0 Å². The standard InChI is InChI=1S/C12H24N2O2/c1-4-14(9-12(2,3)16)11(15)10-6-5-7-13-8-10/h10,13,16H,4-9H2,1-3H3/t10-/m1/s1. The minimum atomic E-state index is -0.812. The molecule has 0 aromatic heterocycles. The molecule has 16 heavy (non-hydrogen) atoms. The number of amides is 1. The Morgan fingerprint density at radius 3 is 2.69 bits per heavy atom. The molecule has 1 aliphatic rings. The Kier molecular flexibility index (Phi) is 4.74. The first kappa shape index (κ1) is 13.5. The average Bonchev–Trinajstić information content (AvgIpc) is 2.25. The molecule has 1 saturated heterocycles. The number of hydrogen-bond donors (Lipinski definition) is 2. The number of carbonyl (C=O) groups excluding carboxylic acids is 1. The van der Waals surface area contributed by atoms with E-state index in [9.17, 15) is 9.90 Å². The molecule has 4 heteroatoms. The average molecular weight is 228 g/mol. The van der Waals surface area contributed by atoms with Gasteiger partial charge in [0.25, 0.3) is 0 Å². The molecule has 0 aromatic rings. The molecule has 0 spiro atoms. The second-order valence-corrected chi connectivity index (χ2v) is 5.21. The first-order chi connectivity index (χ1) is 7.44. The Bertz CT molecular complexity index is 230. The van der Waals surface area contributed by atoms with Crippen LogP contribution < -0.4 is 5.32 Å². The van der Waals surface area contributed by atoms with Gasteiger partial charge in [0.1, 0.15) is 0 Å². The van der Waals surface area contributed by atoms with Gasteiger partial charge in [0.05, 0.1) is 11.5 Å². The summed E-state index contributed by atoms with van der Waals surface area (Å²) in [5.41, 5.74) is -0.812. The van der Waals surface area contributed by atoms with Gasteiger partial charge < -0.3 is 15.3 Å². The Labute approximate surface area is 98.0 Å². The fourth-order valence-corrected chi connectivity index (χ4v) is 2.13. The van der Waals surface area contributed by atoms with E-state index in [1.54, 1.807) is 18.7 Å². The molecule has 2 N–H and O–H groups in total. The third-order valence-electron chi connectivity index (χ3n) is 2.92. The van der Waals surface area contributed by atoms with Crippen LogP contribution in [0.5, 0.6) is 0 Å². The zero-order valence-electron chi connectivity index (χ0n) is 10.6. The molecule has 1 heterocycles. The smallest absolute Gasteiger partial charge is 0.227 e. The maximum absolute atomic E-state index is 12.2. The quantitative estimate of drug-likeness (QED) is 0.741. The number of nitrogens with zero attached hydrogens (tertiary/aromatic N) is 1.